The quantitative estimate of drug-likeness (QED) is 0.794. The number of likely N-dealkylation sites (tertiary alicyclic amines) is 1. The van der Waals surface area contributed by atoms with Crippen LogP contribution in [0.4, 0.5) is 4.79 Å². The summed E-state index contributed by atoms with van der Waals surface area (Å²) in [7, 11) is 0. The summed E-state index contributed by atoms with van der Waals surface area (Å²) in [6.07, 6.45) is -0.478. The topological polar surface area (TPSA) is 102 Å². The third-order valence-corrected chi connectivity index (χ3v) is 4.72. The third-order valence-electron chi connectivity index (χ3n) is 4.72. The minimum absolute atomic E-state index is 0.0678. The standard InChI is InChI=1S/C18H23N3O4/c1-17(2,3)25-16(24)21-10-18(8-13(21)14(19)22)12-7-5-4-6-11(12)9-20-15(18)23/h4-7,13H,8-10H2,1-3H3,(H2,19,22)(H,20,23). The summed E-state index contributed by atoms with van der Waals surface area (Å²) in [4.78, 5) is 38.6. The minimum atomic E-state index is -0.981. The van der Waals surface area contributed by atoms with Crippen molar-refractivity contribution in [3.05, 3.63) is 35.4 Å². The largest absolute Gasteiger partial charge is 0.444 e. The third kappa shape index (κ3) is 2.94. The van der Waals surface area contributed by atoms with E-state index in [0.29, 0.717) is 6.54 Å². The van der Waals surface area contributed by atoms with Crippen molar-refractivity contribution >= 4 is 17.9 Å². The van der Waals surface area contributed by atoms with Crippen molar-refractivity contribution in [2.45, 2.75) is 50.8 Å². The number of hydrogen-bond acceptors (Lipinski definition) is 4. The lowest BCUT2D eigenvalue weighted by Crippen LogP contribution is -2.51. The summed E-state index contributed by atoms with van der Waals surface area (Å²) < 4.78 is 5.41. The van der Waals surface area contributed by atoms with Gasteiger partial charge in [-0.25, -0.2) is 4.79 Å². The SMILES string of the molecule is CC(C)(C)OC(=O)N1CC2(CC1C(N)=O)C(=O)NCc1ccccc12. The second kappa shape index (κ2) is 5.75. The van der Waals surface area contributed by atoms with Gasteiger partial charge in [0.15, 0.2) is 0 Å². The van der Waals surface area contributed by atoms with Gasteiger partial charge in [0, 0.05) is 13.1 Å². The average molecular weight is 345 g/mol. The monoisotopic (exact) mass is 345 g/mol. The average Bonchev–Trinajstić information content (AvgIpc) is 2.92. The Morgan fingerprint density at radius 1 is 1.32 bits per heavy atom. The second-order valence-electron chi connectivity index (χ2n) is 7.65. The van der Waals surface area contributed by atoms with Crippen molar-refractivity contribution in [3.63, 3.8) is 0 Å². The molecule has 0 aliphatic carbocycles. The van der Waals surface area contributed by atoms with E-state index in [1.807, 2.05) is 24.3 Å². The van der Waals surface area contributed by atoms with Gasteiger partial charge in [-0.2, -0.15) is 0 Å². The maximum atomic E-state index is 12.8. The van der Waals surface area contributed by atoms with Gasteiger partial charge in [0.05, 0.1) is 5.41 Å². The maximum Gasteiger partial charge on any atom is 0.411 e. The number of fused-ring (bicyclic) bond motifs is 2. The molecule has 3 rings (SSSR count). The van der Waals surface area contributed by atoms with Gasteiger partial charge in [-0.05, 0) is 38.3 Å². The number of hydrogen-bond donors (Lipinski definition) is 2. The molecule has 2 aliphatic rings. The molecule has 0 radical (unpaired) electrons. The first kappa shape index (κ1) is 17.3. The molecule has 2 heterocycles. The van der Waals surface area contributed by atoms with Gasteiger partial charge in [-0.1, -0.05) is 24.3 Å². The summed E-state index contributed by atoms with van der Waals surface area (Å²) in [5.74, 6) is -0.831. The van der Waals surface area contributed by atoms with Crippen LogP contribution in [0.2, 0.25) is 0 Å². The molecule has 2 aliphatic heterocycles. The Bertz CT molecular complexity index is 740. The van der Waals surface area contributed by atoms with Crippen LogP contribution in [0, 0.1) is 0 Å². The van der Waals surface area contributed by atoms with E-state index < -0.39 is 29.1 Å². The molecule has 0 saturated carbocycles. The smallest absolute Gasteiger partial charge is 0.411 e. The zero-order valence-corrected chi connectivity index (χ0v) is 14.7. The van der Waals surface area contributed by atoms with Crippen molar-refractivity contribution in [2.75, 3.05) is 6.54 Å². The molecule has 3 amide bonds. The summed E-state index contributed by atoms with van der Waals surface area (Å²) in [5.41, 5.74) is 5.66. The molecule has 134 valence electrons. The Balaban J connectivity index is 2.01. The van der Waals surface area contributed by atoms with E-state index in [1.165, 1.54) is 4.90 Å². The first-order chi connectivity index (χ1) is 11.6. The van der Waals surface area contributed by atoms with E-state index in [1.54, 1.807) is 20.8 Å². The van der Waals surface area contributed by atoms with Crippen LogP contribution in [-0.4, -0.2) is 41.0 Å². The fourth-order valence-corrected chi connectivity index (χ4v) is 3.64. The van der Waals surface area contributed by atoms with E-state index in [0.717, 1.165) is 11.1 Å². The predicted octanol–water partition coefficient (Wildman–Crippen LogP) is 1.05. The molecular weight excluding hydrogens is 322 g/mol. The molecule has 1 aromatic rings. The van der Waals surface area contributed by atoms with Gasteiger partial charge in [0.1, 0.15) is 11.6 Å². The van der Waals surface area contributed by atoms with Gasteiger partial charge < -0.3 is 15.8 Å². The van der Waals surface area contributed by atoms with Crippen molar-refractivity contribution in [3.8, 4) is 0 Å². The molecule has 1 saturated heterocycles. The number of benzene rings is 1. The lowest BCUT2D eigenvalue weighted by molar-refractivity contribution is -0.127. The number of nitrogens with one attached hydrogen (secondary N) is 1. The number of rotatable bonds is 1. The second-order valence-corrected chi connectivity index (χ2v) is 7.65. The molecule has 1 aromatic carbocycles. The number of nitrogens with two attached hydrogens (primary N) is 1. The summed E-state index contributed by atoms with van der Waals surface area (Å²) in [5, 5.41) is 2.87. The Labute approximate surface area is 146 Å². The molecular formula is C18H23N3O4. The van der Waals surface area contributed by atoms with Crippen LogP contribution in [0.1, 0.15) is 38.3 Å². The molecule has 1 fully saturated rings. The molecule has 7 heteroatoms. The highest BCUT2D eigenvalue weighted by atomic mass is 16.6. The molecule has 3 N–H and O–H groups in total. The van der Waals surface area contributed by atoms with Gasteiger partial charge in [-0.3, -0.25) is 14.5 Å². The van der Waals surface area contributed by atoms with Gasteiger partial charge in [0.25, 0.3) is 0 Å². The first-order valence-corrected chi connectivity index (χ1v) is 8.30. The molecule has 2 unspecified atom stereocenters. The molecule has 0 bridgehead atoms. The van der Waals surface area contributed by atoms with Crippen LogP contribution in [0.25, 0.3) is 0 Å². The van der Waals surface area contributed by atoms with Crippen LogP contribution in [0.3, 0.4) is 0 Å². The highest BCUT2D eigenvalue weighted by Gasteiger charge is 2.56. The fraction of sp³-hybridized carbons (Fsp3) is 0.500. The molecule has 1 spiro atoms. The van der Waals surface area contributed by atoms with Gasteiger partial charge in [-0.15, -0.1) is 0 Å². The number of carbonyl (C=O) groups excluding carboxylic acids is 3. The molecule has 0 aromatic heterocycles. The Hall–Kier alpha value is -2.57. The number of carbonyl (C=O) groups is 3. The van der Waals surface area contributed by atoms with Crippen molar-refractivity contribution < 1.29 is 19.1 Å². The lowest BCUT2D eigenvalue weighted by atomic mass is 9.73. The van der Waals surface area contributed by atoms with Crippen LogP contribution in [-0.2, 0) is 26.3 Å². The van der Waals surface area contributed by atoms with Crippen LogP contribution >= 0.6 is 0 Å². The predicted molar refractivity (Wildman–Crippen MR) is 90.5 cm³/mol. The first-order valence-electron chi connectivity index (χ1n) is 8.30. The van der Waals surface area contributed by atoms with Crippen LogP contribution < -0.4 is 11.1 Å². The Kier molecular flexibility index (Phi) is 3.97. The van der Waals surface area contributed by atoms with Crippen LogP contribution in [0.5, 0.6) is 0 Å². The van der Waals surface area contributed by atoms with Crippen molar-refractivity contribution in [1.29, 1.82) is 0 Å². The van der Waals surface area contributed by atoms with Gasteiger partial charge >= 0.3 is 6.09 Å². The number of nitrogens with zero attached hydrogens (tertiary/aromatic N) is 1. The summed E-state index contributed by atoms with van der Waals surface area (Å²) in [6.45, 7) is 5.75. The normalized spacial score (nSPS) is 25.5. The summed E-state index contributed by atoms with van der Waals surface area (Å²) in [6, 6.07) is 6.69. The van der Waals surface area contributed by atoms with Gasteiger partial charge in [0.2, 0.25) is 11.8 Å². The number of ether oxygens (including phenoxy) is 1. The summed E-state index contributed by atoms with van der Waals surface area (Å²) >= 11 is 0. The zero-order valence-electron chi connectivity index (χ0n) is 14.7. The highest BCUT2D eigenvalue weighted by molar-refractivity contribution is 5.95. The lowest BCUT2D eigenvalue weighted by Gasteiger charge is -2.34. The highest BCUT2D eigenvalue weighted by Crippen LogP contribution is 2.42. The fourth-order valence-electron chi connectivity index (χ4n) is 3.64. The van der Waals surface area contributed by atoms with E-state index >= 15 is 0 Å². The van der Waals surface area contributed by atoms with Crippen molar-refractivity contribution in [2.24, 2.45) is 5.73 Å². The van der Waals surface area contributed by atoms with E-state index in [9.17, 15) is 14.4 Å². The number of primary amides is 1. The molecule has 2 atom stereocenters. The zero-order chi connectivity index (χ0) is 18.4. The van der Waals surface area contributed by atoms with Crippen molar-refractivity contribution in [1.82, 2.24) is 10.2 Å². The van der Waals surface area contributed by atoms with Crippen LogP contribution in [0.15, 0.2) is 24.3 Å². The molecule has 7 nitrogen and oxygen atoms in total. The molecule has 25 heavy (non-hydrogen) atoms. The Morgan fingerprint density at radius 3 is 2.64 bits per heavy atom. The number of amides is 3. The Morgan fingerprint density at radius 2 is 2.00 bits per heavy atom. The minimum Gasteiger partial charge on any atom is -0.444 e. The van der Waals surface area contributed by atoms with E-state index in [2.05, 4.69) is 5.32 Å². The van der Waals surface area contributed by atoms with E-state index in [-0.39, 0.29) is 18.9 Å². The maximum absolute atomic E-state index is 12.8. The van der Waals surface area contributed by atoms with E-state index in [4.69, 9.17) is 10.5 Å².